The Morgan fingerprint density at radius 3 is 2.75 bits per heavy atom. The highest BCUT2D eigenvalue weighted by Crippen LogP contribution is 2.54. The number of carbonyl (C=O) groups excluding carboxylic acids is 1. The number of aliphatic hydroxyl groups is 1. The topological polar surface area (TPSA) is 55.8 Å². The molecule has 4 nitrogen and oxygen atoms in total. The lowest BCUT2D eigenvalue weighted by molar-refractivity contribution is -0.138. The van der Waals surface area contributed by atoms with Gasteiger partial charge in [-0.1, -0.05) is 32.4 Å². The molecule has 0 saturated carbocycles. The van der Waals surface area contributed by atoms with Crippen molar-refractivity contribution in [3.05, 3.63) is 23.8 Å². The van der Waals surface area contributed by atoms with E-state index in [1.165, 1.54) is 5.57 Å². The van der Waals surface area contributed by atoms with Gasteiger partial charge in [-0.05, 0) is 31.6 Å². The van der Waals surface area contributed by atoms with Gasteiger partial charge in [0.1, 0.15) is 6.79 Å². The van der Waals surface area contributed by atoms with E-state index in [9.17, 15) is 9.90 Å². The number of rotatable bonds is 8. The van der Waals surface area contributed by atoms with Gasteiger partial charge >= 0.3 is 0 Å². The van der Waals surface area contributed by atoms with E-state index in [2.05, 4.69) is 20.4 Å². The molecule has 2 aliphatic rings. The lowest BCUT2D eigenvalue weighted by Gasteiger charge is -2.48. The molecule has 0 amide bonds. The van der Waals surface area contributed by atoms with Crippen LogP contribution < -0.4 is 0 Å². The Kier molecular flexibility index (Phi) is 6.05. The fourth-order valence-electron chi connectivity index (χ4n) is 4.29. The van der Waals surface area contributed by atoms with Crippen LogP contribution in [-0.2, 0) is 14.3 Å². The van der Waals surface area contributed by atoms with Crippen molar-refractivity contribution in [3.8, 4) is 0 Å². The molecule has 1 N–H and O–H groups in total. The first-order valence-electron chi connectivity index (χ1n) is 8.93. The molecule has 0 saturated heterocycles. The van der Waals surface area contributed by atoms with Gasteiger partial charge in [0.25, 0.3) is 0 Å². The highest BCUT2D eigenvalue weighted by atomic mass is 16.7. The van der Waals surface area contributed by atoms with E-state index in [0.29, 0.717) is 18.8 Å². The van der Waals surface area contributed by atoms with Crippen molar-refractivity contribution in [2.24, 2.45) is 16.7 Å². The second-order valence-electron chi connectivity index (χ2n) is 7.91. The molecule has 136 valence electrons. The molecular weight excluding hydrogens is 304 g/mol. The molecule has 4 heteroatoms. The molecular formula is C20H32O4. The van der Waals surface area contributed by atoms with E-state index in [-0.39, 0.29) is 30.7 Å². The highest BCUT2D eigenvalue weighted by Gasteiger charge is 2.51. The van der Waals surface area contributed by atoms with Crippen molar-refractivity contribution in [2.45, 2.75) is 59.0 Å². The summed E-state index contributed by atoms with van der Waals surface area (Å²) in [5.74, 6) is 0.613. The number of methoxy groups -OCH3 is 1. The number of hydrogen-bond acceptors (Lipinski definition) is 4. The minimum absolute atomic E-state index is 0.00759. The summed E-state index contributed by atoms with van der Waals surface area (Å²) in [6, 6.07) is 0. The first-order chi connectivity index (χ1) is 11.3. The second kappa shape index (κ2) is 7.51. The van der Waals surface area contributed by atoms with Gasteiger partial charge in [-0.3, -0.25) is 4.79 Å². The van der Waals surface area contributed by atoms with Crippen LogP contribution in [0.25, 0.3) is 0 Å². The maximum absolute atomic E-state index is 12.6. The zero-order valence-electron chi connectivity index (χ0n) is 15.6. The molecule has 2 unspecified atom stereocenters. The summed E-state index contributed by atoms with van der Waals surface area (Å²) in [5.41, 5.74) is 1.52. The zero-order chi connectivity index (χ0) is 18.0. The van der Waals surface area contributed by atoms with Crippen LogP contribution in [0.4, 0.5) is 0 Å². The molecule has 0 bridgehead atoms. The maximum Gasteiger partial charge on any atom is 0.159 e. The summed E-state index contributed by atoms with van der Waals surface area (Å²) in [6.45, 7) is 10.4. The van der Waals surface area contributed by atoms with Gasteiger partial charge in [-0.15, -0.1) is 6.58 Å². The van der Waals surface area contributed by atoms with Crippen LogP contribution in [0.5, 0.6) is 0 Å². The Hall–Kier alpha value is -0.970. The first-order valence-corrected chi connectivity index (χ1v) is 8.93. The van der Waals surface area contributed by atoms with Crippen molar-refractivity contribution in [1.29, 1.82) is 0 Å². The van der Waals surface area contributed by atoms with Crippen LogP contribution in [0, 0.1) is 16.7 Å². The van der Waals surface area contributed by atoms with Crippen LogP contribution in [-0.4, -0.2) is 37.5 Å². The fraction of sp³-hybridized carbons (Fsp3) is 0.750. The third-order valence-electron chi connectivity index (χ3n) is 6.29. The molecule has 0 radical (unpaired) electrons. The largest absolute Gasteiger partial charge is 0.395 e. The predicted molar refractivity (Wildman–Crippen MR) is 94.5 cm³/mol. The van der Waals surface area contributed by atoms with E-state index in [4.69, 9.17) is 9.47 Å². The van der Waals surface area contributed by atoms with Crippen molar-refractivity contribution >= 4 is 5.78 Å². The molecule has 0 aromatic rings. The predicted octanol–water partition coefficient (Wildman–Crippen LogP) is 3.65. The van der Waals surface area contributed by atoms with Crippen LogP contribution in [0.1, 0.15) is 52.9 Å². The second-order valence-corrected chi connectivity index (χ2v) is 7.91. The molecule has 24 heavy (non-hydrogen) atoms. The quantitative estimate of drug-likeness (QED) is 0.543. The summed E-state index contributed by atoms with van der Waals surface area (Å²) < 4.78 is 11.2. The van der Waals surface area contributed by atoms with Gasteiger partial charge < -0.3 is 14.6 Å². The number of ether oxygens (including phenoxy) is 2. The van der Waals surface area contributed by atoms with Crippen LogP contribution >= 0.6 is 0 Å². The molecule has 0 aromatic carbocycles. The lowest BCUT2D eigenvalue weighted by atomic mass is 9.60. The Bertz CT molecular complexity index is 524. The monoisotopic (exact) mass is 336 g/mol. The zero-order valence-corrected chi connectivity index (χ0v) is 15.6. The summed E-state index contributed by atoms with van der Waals surface area (Å²) >= 11 is 0. The minimum Gasteiger partial charge on any atom is -0.395 e. The summed E-state index contributed by atoms with van der Waals surface area (Å²) in [7, 11) is 1.61. The van der Waals surface area contributed by atoms with Crippen molar-refractivity contribution in [2.75, 3.05) is 20.5 Å². The third-order valence-corrected chi connectivity index (χ3v) is 6.29. The fourth-order valence-corrected chi connectivity index (χ4v) is 4.29. The van der Waals surface area contributed by atoms with Crippen LogP contribution in [0.3, 0.4) is 0 Å². The normalized spacial score (nSPS) is 30.9. The lowest BCUT2D eigenvalue weighted by Crippen LogP contribution is -2.47. The molecule has 4 atom stereocenters. The number of allylic oxidation sites excluding steroid dienone is 1. The molecule has 0 spiro atoms. The number of aliphatic hydroxyl groups excluding tert-OH is 1. The smallest absolute Gasteiger partial charge is 0.159 e. The third kappa shape index (κ3) is 3.37. The standard InChI is InChI=1S/C20H32O4/c1-6-19(3,12-21)11-17(24-13-23-5)20(4)14(2)7-8-15-9-10-16(22)18(15)20/h6,14,17,21H,1,7-13H2,2-5H3/t14?,17-,19-,20?/m1/s1. The van der Waals surface area contributed by atoms with Gasteiger partial charge in [-0.2, -0.15) is 0 Å². The molecule has 2 aliphatic carbocycles. The molecule has 0 fully saturated rings. The van der Waals surface area contributed by atoms with E-state index in [1.807, 2.05) is 6.92 Å². The number of carbonyl (C=O) groups is 1. The molecule has 0 aliphatic heterocycles. The van der Waals surface area contributed by atoms with E-state index in [1.54, 1.807) is 13.2 Å². The maximum atomic E-state index is 12.6. The van der Waals surface area contributed by atoms with E-state index < -0.39 is 5.41 Å². The molecule has 2 rings (SSSR count). The highest BCUT2D eigenvalue weighted by molar-refractivity contribution is 6.00. The Morgan fingerprint density at radius 2 is 2.17 bits per heavy atom. The van der Waals surface area contributed by atoms with Gasteiger partial charge in [0.15, 0.2) is 5.78 Å². The van der Waals surface area contributed by atoms with Gasteiger partial charge in [0.2, 0.25) is 0 Å². The van der Waals surface area contributed by atoms with Crippen molar-refractivity contribution < 1.29 is 19.4 Å². The summed E-state index contributed by atoms with van der Waals surface area (Å²) in [6.07, 6.45) is 5.82. The number of ketones is 1. The minimum atomic E-state index is -0.443. The molecule has 0 aromatic heterocycles. The Morgan fingerprint density at radius 1 is 1.46 bits per heavy atom. The van der Waals surface area contributed by atoms with Gasteiger partial charge in [0.05, 0.1) is 12.7 Å². The number of hydrogen-bond donors (Lipinski definition) is 1. The summed E-state index contributed by atoms with van der Waals surface area (Å²) in [5, 5.41) is 9.81. The van der Waals surface area contributed by atoms with E-state index >= 15 is 0 Å². The Labute approximate surface area is 145 Å². The average molecular weight is 336 g/mol. The summed E-state index contributed by atoms with van der Waals surface area (Å²) in [4.78, 5) is 12.6. The van der Waals surface area contributed by atoms with Crippen LogP contribution in [0.15, 0.2) is 23.8 Å². The first kappa shape index (κ1) is 19.4. The van der Waals surface area contributed by atoms with Gasteiger partial charge in [0, 0.05) is 29.9 Å². The van der Waals surface area contributed by atoms with Crippen LogP contribution in [0.2, 0.25) is 0 Å². The molecule has 0 heterocycles. The Balaban J connectivity index is 2.43. The van der Waals surface area contributed by atoms with Crippen molar-refractivity contribution in [1.82, 2.24) is 0 Å². The van der Waals surface area contributed by atoms with E-state index in [0.717, 1.165) is 24.8 Å². The van der Waals surface area contributed by atoms with Crippen molar-refractivity contribution in [3.63, 3.8) is 0 Å². The average Bonchev–Trinajstić information content (AvgIpc) is 2.96. The SMILES string of the molecule is C=C[C@@](C)(CO)C[C@@H](OCOC)C1(C)C2=C(CCC2=O)CCC1C. The number of Topliss-reactive ketones (excluding diaryl/α,β-unsaturated/α-hetero) is 1. The van der Waals surface area contributed by atoms with Gasteiger partial charge in [-0.25, -0.2) is 0 Å².